The Kier molecular flexibility index (Phi) is 5.67. The van der Waals surface area contributed by atoms with E-state index in [9.17, 15) is 4.79 Å². The number of rotatable bonds is 4. The smallest absolute Gasteiger partial charge is 0.227 e. The Hall–Kier alpha value is -2.67. The number of carbonyl (C=O) groups is 1. The molecular formula is C21H14Cl2N4OS. The number of hydrogen-bond acceptors (Lipinski definition) is 5. The lowest BCUT2D eigenvalue weighted by molar-refractivity contribution is 0.108. The van der Waals surface area contributed by atoms with Crippen molar-refractivity contribution in [3.8, 4) is 17.1 Å². The summed E-state index contributed by atoms with van der Waals surface area (Å²) in [7, 11) is 0. The first-order valence-electron chi connectivity index (χ1n) is 8.63. The zero-order valence-corrected chi connectivity index (χ0v) is 17.5. The molecule has 0 fully saturated rings. The summed E-state index contributed by atoms with van der Waals surface area (Å²) in [4.78, 5) is 16.8. The average Bonchev–Trinajstić information content (AvgIpc) is 3.14. The van der Waals surface area contributed by atoms with Crippen molar-refractivity contribution in [1.82, 2.24) is 19.7 Å². The summed E-state index contributed by atoms with van der Waals surface area (Å²) in [6.07, 6.45) is 3.35. The fourth-order valence-corrected chi connectivity index (χ4v) is 3.79. The van der Waals surface area contributed by atoms with Crippen LogP contribution in [0.25, 0.3) is 17.1 Å². The molecule has 0 spiro atoms. The first-order chi connectivity index (χ1) is 14.0. The fraction of sp³-hybridized carbons (Fsp3) is 0.0476. The molecule has 29 heavy (non-hydrogen) atoms. The van der Waals surface area contributed by atoms with E-state index in [1.54, 1.807) is 41.2 Å². The van der Waals surface area contributed by atoms with E-state index in [2.05, 4.69) is 15.2 Å². The zero-order chi connectivity index (χ0) is 20.4. The summed E-state index contributed by atoms with van der Waals surface area (Å²) in [5, 5.41) is 9.73. The van der Waals surface area contributed by atoms with Crippen molar-refractivity contribution < 1.29 is 4.79 Å². The molecule has 0 unspecified atom stereocenters. The number of nitrogens with zero attached hydrogens (tertiary/aromatic N) is 4. The van der Waals surface area contributed by atoms with E-state index < -0.39 is 0 Å². The van der Waals surface area contributed by atoms with Gasteiger partial charge in [0.2, 0.25) is 10.3 Å². The van der Waals surface area contributed by atoms with Crippen LogP contribution < -0.4 is 0 Å². The van der Waals surface area contributed by atoms with Crippen LogP contribution in [-0.4, -0.2) is 24.9 Å². The molecule has 0 aliphatic heterocycles. The number of carbonyl (C=O) groups excluding carboxylic acids is 1. The lowest BCUT2D eigenvalue weighted by Gasteiger charge is -2.11. The molecule has 4 aromatic rings. The topological polar surface area (TPSA) is 60.7 Å². The van der Waals surface area contributed by atoms with Gasteiger partial charge in [-0.15, -0.1) is 10.2 Å². The molecule has 0 amide bonds. The van der Waals surface area contributed by atoms with Gasteiger partial charge in [0.15, 0.2) is 5.82 Å². The lowest BCUT2D eigenvalue weighted by atomic mass is 10.2. The third-order valence-electron chi connectivity index (χ3n) is 4.20. The molecule has 8 heteroatoms. The van der Waals surface area contributed by atoms with Gasteiger partial charge < -0.3 is 0 Å². The van der Waals surface area contributed by atoms with Gasteiger partial charge in [-0.3, -0.25) is 14.3 Å². The summed E-state index contributed by atoms with van der Waals surface area (Å²) < 4.78 is 1.79. The molecule has 0 aliphatic rings. The molecule has 2 aromatic heterocycles. The van der Waals surface area contributed by atoms with E-state index in [-0.39, 0.29) is 5.12 Å². The molecule has 2 heterocycles. The summed E-state index contributed by atoms with van der Waals surface area (Å²) in [6, 6.07) is 16.3. The van der Waals surface area contributed by atoms with Gasteiger partial charge in [0.1, 0.15) is 0 Å². The normalized spacial score (nSPS) is 10.9. The molecular weight excluding hydrogens is 427 g/mol. The van der Waals surface area contributed by atoms with E-state index in [1.807, 2.05) is 37.3 Å². The van der Waals surface area contributed by atoms with Gasteiger partial charge in [0, 0.05) is 23.5 Å². The van der Waals surface area contributed by atoms with Crippen LogP contribution in [0.3, 0.4) is 0 Å². The van der Waals surface area contributed by atoms with Crippen LogP contribution >= 0.6 is 35.0 Å². The Labute approximate surface area is 181 Å². The number of thioether (sulfide) groups is 1. The monoisotopic (exact) mass is 440 g/mol. The average molecular weight is 441 g/mol. The minimum absolute atomic E-state index is 0.125. The highest BCUT2D eigenvalue weighted by Crippen LogP contribution is 2.32. The number of aryl methyl sites for hydroxylation is 1. The molecule has 2 aromatic carbocycles. The first-order valence-corrected chi connectivity index (χ1v) is 10.2. The highest BCUT2D eigenvalue weighted by molar-refractivity contribution is 8.14. The second-order valence-corrected chi connectivity index (χ2v) is 7.99. The SMILES string of the molecule is Cc1ccc(C(=O)Sc2nnc(-c3ccncc3)n2-c2ccc(Cl)c(Cl)c2)cc1. The summed E-state index contributed by atoms with van der Waals surface area (Å²) >= 11 is 13.3. The predicted octanol–water partition coefficient (Wildman–Crippen LogP) is 5.88. The molecule has 0 atom stereocenters. The van der Waals surface area contributed by atoms with Crippen molar-refractivity contribution >= 4 is 40.1 Å². The standard InChI is InChI=1S/C21H14Cl2N4OS/c1-13-2-4-15(5-3-13)20(28)29-21-26-25-19(14-8-10-24-11-9-14)27(21)16-6-7-17(22)18(23)12-16/h2-12H,1H3. The minimum Gasteiger partial charge on any atom is -0.281 e. The molecule has 0 bridgehead atoms. The van der Waals surface area contributed by atoms with Gasteiger partial charge in [-0.2, -0.15) is 0 Å². The van der Waals surface area contributed by atoms with Gasteiger partial charge >= 0.3 is 0 Å². The Morgan fingerprint density at radius 1 is 0.931 bits per heavy atom. The van der Waals surface area contributed by atoms with Gasteiger partial charge in [-0.05, 0) is 49.0 Å². The third-order valence-corrected chi connectivity index (χ3v) is 5.81. The van der Waals surface area contributed by atoms with E-state index >= 15 is 0 Å². The van der Waals surface area contributed by atoms with E-state index in [4.69, 9.17) is 23.2 Å². The number of benzene rings is 2. The summed E-state index contributed by atoms with van der Waals surface area (Å²) in [6.45, 7) is 1.98. The number of aromatic nitrogens is 4. The zero-order valence-electron chi connectivity index (χ0n) is 15.2. The Morgan fingerprint density at radius 2 is 1.66 bits per heavy atom. The molecule has 0 saturated heterocycles. The largest absolute Gasteiger partial charge is 0.281 e. The van der Waals surface area contributed by atoms with E-state index in [0.29, 0.717) is 32.3 Å². The molecule has 144 valence electrons. The van der Waals surface area contributed by atoms with E-state index in [0.717, 1.165) is 22.9 Å². The van der Waals surface area contributed by atoms with Crippen LogP contribution in [0.5, 0.6) is 0 Å². The van der Waals surface area contributed by atoms with Crippen molar-refractivity contribution in [1.29, 1.82) is 0 Å². The quantitative estimate of drug-likeness (QED) is 0.371. The van der Waals surface area contributed by atoms with Crippen LogP contribution in [0.15, 0.2) is 72.1 Å². The van der Waals surface area contributed by atoms with Crippen LogP contribution in [0.2, 0.25) is 10.0 Å². The third kappa shape index (κ3) is 4.19. The predicted molar refractivity (Wildman–Crippen MR) is 116 cm³/mol. The maximum absolute atomic E-state index is 12.8. The minimum atomic E-state index is -0.125. The molecule has 0 saturated carbocycles. The second-order valence-electron chi connectivity index (χ2n) is 6.23. The first kappa shape index (κ1) is 19.6. The molecule has 0 radical (unpaired) electrons. The second kappa shape index (κ2) is 8.37. The Morgan fingerprint density at radius 3 is 2.34 bits per heavy atom. The van der Waals surface area contributed by atoms with Crippen molar-refractivity contribution in [3.63, 3.8) is 0 Å². The lowest BCUT2D eigenvalue weighted by Crippen LogP contribution is -2.02. The van der Waals surface area contributed by atoms with Crippen LogP contribution in [0.1, 0.15) is 15.9 Å². The maximum Gasteiger partial charge on any atom is 0.227 e. The van der Waals surface area contributed by atoms with Crippen LogP contribution in [0.4, 0.5) is 0 Å². The van der Waals surface area contributed by atoms with Crippen LogP contribution in [0, 0.1) is 6.92 Å². The van der Waals surface area contributed by atoms with Gasteiger partial charge in [0.25, 0.3) is 0 Å². The van der Waals surface area contributed by atoms with Gasteiger partial charge in [0.05, 0.1) is 15.7 Å². The molecule has 4 rings (SSSR count). The Balaban J connectivity index is 1.79. The summed E-state index contributed by atoms with van der Waals surface area (Å²) in [5.41, 5.74) is 3.20. The van der Waals surface area contributed by atoms with Gasteiger partial charge in [-0.1, -0.05) is 53.0 Å². The van der Waals surface area contributed by atoms with E-state index in [1.165, 1.54) is 0 Å². The van der Waals surface area contributed by atoms with Crippen LogP contribution in [-0.2, 0) is 0 Å². The highest BCUT2D eigenvalue weighted by atomic mass is 35.5. The highest BCUT2D eigenvalue weighted by Gasteiger charge is 2.20. The Bertz CT molecular complexity index is 1180. The molecule has 0 N–H and O–H groups in total. The number of halogens is 2. The number of hydrogen-bond donors (Lipinski definition) is 0. The maximum atomic E-state index is 12.8. The number of pyridine rings is 1. The van der Waals surface area contributed by atoms with Crippen molar-refractivity contribution in [3.05, 3.63) is 88.2 Å². The van der Waals surface area contributed by atoms with Gasteiger partial charge in [-0.25, -0.2) is 0 Å². The fourth-order valence-electron chi connectivity index (χ4n) is 2.71. The van der Waals surface area contributed by atoms with Crippen molar-refractivity contribution in [2.24, 2.45) is 0 Å². The van der Waals surface area contributed by atoms with Crippen molar-refractivity contribution in [2.45, 2.75) is 12.1 Å². The molecule has 0 aliphatic carbocycles. The summed E-state index contributed by atoms with van der Waals surface area (Å²) in [5.74, 6) is 0.574. The van der Waals surface area contributed by atoms with Crippen molar-refractivity contribution in [2.75, 3.05) is 0 Å². The molecule has 5 nitrogen and oxygen atoms in total.